The Morgan fingerprint density at radius 3 is 1.06 bits per heavy atom. The molecule has 0 aliphatic rings. The highest BCUT2D eigenvalue weighted by molar-refractivity contribution is 5.22. The Balaban J connectivity index is 1.56. The largest absolute Gasteiger partial charge is 0.493 e. The van der Waals surface area contributed by atoms with Crippen molar-refractivity contribution in [1.29, 1.82) is 0 Å². The van der Waals surface area contributed by atoms with Crippen molar-refractivity contribution in [3.05, 3.63) is 104 Å². The second-order valence-corrected chi connectivity index (χ2v) is 7.52. The van der Waals surface area contributed by atoms with Crippen molar-refractivity contribution in [1.82, 2.24) is 15.0 Å². The lowest BCUT2D eigenvalue weighted by Gasteiger charge is -2.33. The van der Waals surface area contributed by atoms with E-state index in [-0.39, 0.29) is 0 Å². The van der Waals surface area contributed by atoms with Crippen LogP contribution >= 0.6 is 0 Å². The molecule has 0 bridgehead atoms. The van der Waals surface area contributed by atoms with Crippen molar-refractivity contribution in [3.8, 4) is 23.0 Å². The van der Waals surface area contributed by atoms with Gasteiger partial charge in [-0.25, -0.2) is 0 Å². The molecule has 0 saturated heterocycles. The summed E-state index contributed by atoms with van der Waals surface area (Å²) in [5.41, 5.74) is -0.633. The van der Waals surface area contributed by atoms with Crippen LogP contribution in [0.15, 0.2) is 104 Å². The van der Waals surface area contributed by atoms with Crippen molar-refractivity contribution in [3.63, 3.8) is 0 Å². The van der Waals surface area contributed by atoms with E-state index in [0.29, 0.717) is 43.7 Å². The third kappa shape index (κ3) is 6.93. The zero-order chi connectivity index (χ0) is 22.6. The van der Waals surface area contributed by atoms with Crippen LogP contribution in [-0.2, 0) is 0 Å². The summed E-state index contributed by atoms with van der Waals surface area (Å²) in [5, 5.41) is 0. The highest BCUT2D eigenvalue weighted by atomic mass is 16.5. The molecule has 0 radical (unpaired) electrons. The number of nitrogens with zero attached hydrogens (tertiary/aromatic N) is 3. The topological polar surface area (TPSA) is 75.6 Å². The molecule has 33 heavy (non-hydrogen) atoms. The van der Waals surface area contributed by atoms with Gasteiger partial charge in [0.15, 0.2) is 0 Å². The highest BCUT2D eigenvalue weighted by Gasteiger charge is 2.36. The third-order valence-electron chi connectivity index (χ3n) is 4.87. The zero-order valence-corrected chi connectivity index (χ0v) is 18.1. The summed E-state index contributed by atoms with van der Waals surface area (Å²) < 4.78 is 24.6. The van der Waals surface area contributed by atoms with E-state index in [2.05, 4.69) is 15.0 Å². The van der Waals surface area contributed by atoms with E-state index >= 15 is 0 Å². The second kappa shape index (κ2) is 11.5. The van der Waals surface area contributed by atoms with Gasteiger partial charge in [0.05, 0.1) is 0 Å². The molecule has 0 N–H and O–H groups in total. The second-order valence-electron chi connectivity index (χ2n) is 7.52. The first kappa shape index (κ1) is 22.1. The van der Waals surface area contributed by atoms with Crippen molar-refractivity contribution in [2.45, 2.75) is 0 Å². The van der Waals surface area contributed by atoms with Crippen LogP contribution in [0.25, 0.3) is 0 Å². The summed E-state index contributed by atoms with van der Waals surface area (Å²) in [6, 6.07) is 20.6. The molecular formula is C26H25N3O4. The highest BCUT2D eigenvalue weighted by Crippen LogP contribution is 2.26. The van der Waals surface area contributed by atoms with Crippen LogP contribution in [0.4, 0.5) is 0 Å². The minimum absolute atomic E-state index is 0.306. The average molecular weight is 444 g/mol. The van der Waals surface area contributed by atoms with Crippen LogP contribution in [0.1, 0.15) is 0 Å². The van der Waals surface area contributed by atoms with Gasteiger partial charge in [-0.1, -0.05) is 18.2 Å². The van der Waals surface area contributed by atoms with Crippen LogP contribution in [0, 0.1) is 5.41 Å². The molecule has 168 valence electrons. The summed E-state index contributed by atoms with van der Waals surface area (Å²) in [6.45, 7) is 1.23. The maximum atomic E-state index is 6.16. The fourth-order valence-electron chi connectivity index (χ4n) is 3.02. The number of hydrogen-bond donors (Lipinski definition) is 0. The Bertz CT molecular complexity index is 888. The van der Waals surface area contributed by atoms with Crippen LogP contribution in [0.2, 0.25) is 0 Å². The molecule has 0 saturated carbocycles. The van der Waals surface area contributed by atoms with Gasteiger partial charge in [-0.2, -0.15) is 0 Å². The molecule has 7 nitrogen and oxygen atoms in total. The molecule has 0 unspecified atom stereocenters. The third-order valence-corrected chi connectivity index (χ3v) is 4.87. The maximum Gasteiger partial charge on any atom is 0.122 e. The fourth-order valence-corrected chi connectivity index (χ4v) is 3.02. The molecule has 0 aliphatic carbocycles. The molecule has 0 spiro atoms. The molecule has 7 heteroatoms. The predicted octanol–water partition coefficient (Wildman–Crippen LogP) is 4.47. The van der Waals surface area contributed by atoms with Crippen molar-refractivity contribution in [2.24, 2.45) is 5.41 Å². The number of hydrogen-bond acceptors (Lipinski definition) is 7. The molecule has 0 amide bonds. The molecule has 4 aromatic rings. The molecule has 0 atom stereocenters. The maximum absolute atomic E-state index is 6.16. The van der Waals surface area contributed by atoms with Crippen molar-refractivity contribution >= 4 is 0 Å². The molecule has 3 heterocycles. The molecule has 0 fully saturated rings. The van der Waals surface area contributed by atoms with Crippen molar-refractivity contribution < 1.29 is 18.9 Å². The lowest BCUT2D eigenvalue weighted by atomic mass is 9.92. The monoisotopic (exact) mass is 443 g/mol. The zero-order valence-electron chi connectivity index (χ0n) is 18.1. The van der Waals surface area contributed by atoms with Crippen LogP contribution in [0.3, 0.4) is 0 Å². The Morgan fingerprint density at radius 1 is 0.424 bits per heavy atom. The van der Waals surface area contributed by atoms with E-state index in [9.17, 15) is 0 Å². The van der Waals surface area contributed by atoms with Crippen molar-refractivity contribution in [2.75, 3.05) is 26.4 Å². The Kier molecular flexibility index (Phi) is 7.68. The van der Waals surface area contributed by atoms with Gasteiger partial charge < -0.3 is 18.9 Å². The first-order valence-electron chi connectivity index (χ1n) is 10.6. The Morgan fingerprint density at radius 2 is 0.727 bits per heavy atom. The van der Waals surface area contributed by atoms with E-state index < -0.39 is 5.41 Å². The summed E-state index contributed by atoms with van der Waals surface area (Å²) in [5.74, 6) is 2.89. The summed E-state index contributed by atoms with van der Waals surface area (Å²) in [7, 11) is 0. The van der Waals surface area contributed by atoms with E-state index in [1.165, 1.54) is 0 Å². The Hall–Kier alpha value is -4.13. The van der Waals surface area contributed by atoms with Gasteiger partial charge in [-0.15, -0.1) is 0 Å². The molecule has 3 aromatic heterocycles. The number of rotatable bonds is 12. The number of aromatic nitrogens is 3. The van der Waals surface area contributed by atoms with Gasteiger partial charge in [0, 0.05) is 37.2 Å². The quantitative estimate of drug-likeness (QED) is 0.320. The van der Waals surface area contributed by atoms with E-state index in [0.717, 1.165) is 5.75 Å². The minimum Gasteiger partial charge on any atom is -0.493 e. The van der Waals surface area contributed by atoms with Crippen LogP contribution < -0.4 is 18.9 Å². The van der Waals surface area contributed by atoms with E-state index in [1.54, 1.807) is 37.2 Å². The Labute approximate surface area is 193 Å². The number of pyridine rings is 3. The smallest absolute Gasteiger partial charge is 0.122 e. The summed E-state index contributed by atoms with van der Waals surface area (Å²) in [6.07, 6.45) is 10.2. The van der Waals surface area contributed by atoms with Gasteiger partial charge in [0.25, 0.3) is 0 Å². The molecular weight excluding hydrogens is 418 g/mol. The van der Waals surface area contributed by atoms with Gasteiger partial charge in [0.1, 0.15) is 54.8 Å². The van der Waals surface area contributed by atoms with Gasteiger partial charge in [-0.3, -0.25) is 15.0 Å². The summed E-state index contributed by atoms with van der Waals surface area (Å²) in [4.78, 5) is 12.2. The fraction of sp³-hybridized carbons (Fsp3) is 0.192. The number of para-hydroxylation sites is 1. The number of benzene rings is 1. The van der Waals surface area contributed by atoms with Gasteiger partial charge in [0.2, 0.25) is 0 Å². The molecule has 1 aromatic carbocycles. The minimum atomic E-state index is -0.633. The normalized spacial score (nSPS) is 10.9. The predicted molar refractivity (Wildman–Crippen MR) is 124 cm³/mol. The van der Waals surface area contributed by atoms with E-state index in [1.807, 2.05) is 66.7 Å². The average Bonchev–Trinajstić information content (AvgIpc) is 2.90. The van der Waals surface area contributed by atoms with Crippen LogP contribution in [-0.4, -0.2) is 41.4 Å². The standard InChI is InChI=1S/C26H25N3O4/c1-2-4-22(5-3-1)30-18-26(19-31-23-6-12-27-13-7-23,20-32-24-8-14-28-15-9-24)21-33-25-10-16-29-17-11-25/h1-17H,18-21H2. The first-order chi connectivity index (χ1) is 16.3. The van der Waals surface area contributed by atoms with Crippen LogP contribution in [0.5, 0.6) is 23.0 Å². The lowest BCUT2D eigenvalue weighted by Crippen LogP contribution is -2.45. The molecule has 4 rings (SSSR count). The van der Waals surface area contributed by atoms with Gasteiger partial charge in [-0.05, 0) is 48.5 Å². The SMILES string of the molecule is c1ccc(OCC(COc2ccncc2)(COc2ccncc2)COc2ccncc2)cc1. The first-order valence-corrected chi connectivity index (χ1v) is 10.6. The number of ether oxygens (including phenoxy) is 4. The molecule has 0 aliphatic heterocycles. The van der Waals surface area contributed by atoms with E-state index in [4.69, 9.17) is 18.9 Å². The van der Waals surface area contributed by atoms with Gasteiger partial charge >= 0.3 is 0 Å². The summed E-state index contributed by atoms with van der Waals surface area (Å²) >= 11 is 0. The lowest BCUT2D eigenvalue weighted by molar-refractivity contribution is -0.00357.